The van der Waals surface area contributed by atoms with Crippen LogP contribution in [0, 0.1) is 0 Å². The van der Waals surface area contributed by atoms with E-state index in [1.165, 1.54) is 83.5 Å². The highest BCUT2D eigenvalue weighted by molar-refractivity contribution is 7.80. The second kappa shape index (κ2) is 47.3. The number of allylic oxidation sites excluding steroid dienone is 14. The molecule has 0 saturated carbocycles. The van der Waals surface area contributed by atoms with Gasteiger partial charge in [0, 0.05) is 13.0 Å². The van der Waals surface area contributed by atoms with Crippen LogP contribution in [-0.2, 0) is 38.3 Å². The van der Waals surface area contributed by atoms with Crippen LogP contribution in [0.15, 0.2) is 85.1 Å². The van der Waals surface area contributed by atoms with E-state index in [1.807, 2.05) is 0 Å². The van der Waals surface area contributed by atoms with E-state index in [0.717, 1.165) is 96.3 Å². The number of aliphatic hydroxyl groups excluding tert-OH is 3. The van der Waals surface area contributed by atoms with Crippen molar-refractivity contribution in [3.8, 4) is 0 Å². The molecule has 1 fully saturated rings. The van der Waals surface area contributed by atoms with E-state index in [2.05, 4.69) is 103 Å². The molecule has 0 amide bonds. The molecule has 1 aliphatic heterocycles. The maximum absolute atomic E-state index is 12.9. The highest BCUT2D eigenvalue weighted by atomic mass is 32.3. The molecule has 1 rings (SSSR count). The fourth-order valence-corrected chi connectivity index (χ4v) is 8.41. The van der Waals surface area contributed by atoms with Gasteiger partial charge in [0.2, 0.25) is 0 Å². The molecule has 404 valence electrons. The van der Waals surface area contributed by atoms with Gasteiger partial charge in [-0.3, -0.25) is 9.35 Å². The highest BCUT2D eigenvalue weighted by Crippen LogP contribution is 2.26. The number of ether oxygens (including phenoxy) is 4. The molecule has 70 heavy (non-hydrogen) atoms. The monoisotopic (exact) mass is 1010 g/mol. The molecule has 0 bridgehead atoms. The van der Waals surface area contributed by atoms with Crippen LogP contribution in [0.5, 0.6) is 0 Å². The Bertz CT molecular complexity index is 1540. The van der Waals surface area contributed by atoms with Gasteiger partial charge in [0.15, 0.2) is 6.29 Å². The third kappa shape index (κ3) is 39.8. The molecule has 1 heterocycles. The van der Waals surface area contributed by atoms with Crippen LogP contribution >= 0.6 is 0 Å². The van der Waals surface area contributed by atoms with E-state index in [1.54, 1.807) is 0 Å². The molecule has 0 spiro atoms. The minimum atomic E-state index is -5.07. The Morgan fingerprint density at radius 3 is 1.44 bits per heavy atom. The average Bonchev–Trinajstić information content (AvgIpc) is 3.34. The van der Waals surface area contributed by atoms with Crippen molar-refractivity contribution in [2.75, 3.05) is 26.4 Å². The summed E-state index contributed by atoms with van der Waals surface area (Å²) in [7, 11) is -5.07. The quantitative estimate of drug-likeness (QED) is 0.0197. The van der Waals surface area contributed by atoms with E-state index < -0.39 is 59.8 Å². The van der Waals surface area contributed by atoms with Gasteiger partial charge in [-0.05, 0) is 89.9 Å². The Morgan fingerprint density at radius 2 is 0.986 bits per heavy atom. The number of aliphatic hydroxyl groups is 3. The lowest BCUT2D eigenvalue weighted by Gasteiger charge is -2.41. The fraction of sp³-hybridized carbons (Fsp3) is 0.737. The Balaban J connectivity index is 2.36. The summed E-state index contributed by atoms with van der Waals surface area (Å²) in [5.74, 6) is -0.413. The molecule has 0 aromatic heterocycles. The van der Waals surface area contributed by atoms with Gasteiger partial charge >= 0.3 is 16.4 Å². The molecular weight excluding hydrogens is 909 g/mol. The molecular formula is C57H98O12S. The molecule has 6 atom stereocenters. The zero-order chi connectivity index (χ0) is 51.0. The number of hydrogen-bond acceptors (Lipinski definition) is 11. The molecule has 13 heteroatoms. The molecule has 1 saturated heterocycles. The molecule has 12 nitrogen and oxygen atoms in total. The summed E-state index contributed by atoms with van der Waals surface area (Å²) in [6.07, 6.45) is 54.6. The number of esters is 1. The summed E-state index contributed by atoms with van der Waals surface area (Å²) in [4.78, 5) is 12.9. The zero-order valence-electron chi connectivity index (χ0n) is 43.6. The summed E-state index contributed by atoms with van der Waals surface area (Å²) in [5.41, 5.74) is 0. The first-order valence-electron chi connectivity index (χ1n) is 27.3. The Morgan fingerprint density at radius 1 is 0.557 bits per heavy atom. The Hall–Kier alpha value is -2.72. The maximum atomic E-state index is 12.9. The van der Waals surface area contributed by atoms with Crippen LogP contribution < -0.4 is 0 Å². The lowest BCUT2D eigenvalue weighted by molar-refractivity contribution is -0.301. The summed E-state index contributed by atoms with van der Waals surface area (Å²) in [5, 5.41) is 30.8. The predicted octanol–water partition coefficient (Wildman–Crippen LogP) is 13.2. The van der Waals surface area contributed by atoms with Gasteiger partial charge in [-0.25, -0.2) is 4.18 Å². The Labute approximate surface area is 425 Å². The highest BCUT2D eigenvalue weighted by Gasteiger charge is 2.48. The van der Waals surface area contributed by atoms with E-state index in [0.29, 0.717) is 13.0 Å². The van der Waals surface area contributed by atoms with Gasteiger partial charge < -0.3 is 34.3 Å². The average molecular weight is 1010 g/mol. The summed E-state index contributed by atoms with van der Waals surface area (Å²) in [6.45, 7) is 3.84. The largest absolute Gasteiger partial charge is 0.457 e. The van der Waals surface area contributed by atoms with Crippen LogP contribution in [0.4, 0.5) is 0 Å². The van der Waals surface area contributed by atoms with E-state index in [4.69, 9.17) is 18.9 Å². The van der Waals surface area contributed by atoms with E-state index in [-0.39, 0.29) is 19.6 Å². The van der Waals surface area contributed by atoms with Crippen molar-refractivity contribution in [2.24, 2.45) is 0 Å². The zero-order valence-corrected chi connectivity index (χ0v) is 44.4. The summed E-state index contributed by atoms with van der Waals surface area (Å²) in [6, 6.07) is 0. The second-order valence-electron chi connectivity index (χ2n) is 18.4. The smallest absolute Gasteiger partial charge is 0.397 e. The maximum Gasteiger partial charge on any atom is 0.397 e. The molecule has 1 aliphatic rings. The van der Waals surface area contributed by atoms with Crippen LogP contribution in [0.2, 0.25) is 0 Å². The molecule has 0 aliphatic carbocycles. The lowest BCUT2D eigenvalue weighted by atomic mass is 9.99. The second-order valence-corrected chi connectivity index (χ2v) is 19.5. The third-order valence-electron chi connectivity index (χ3n) is 12.0. The molecule has 0 aromatic rings. The summed E-state index contributed by atoms with van der Waals surface area (Å²) < 4.78 is 59.3. The standard InChI is InChI=1S/C57H98O12S/c1-3-5-7-9-11-13-15-17-19-21-23-25-27-29-31-33-35-37-39-41-43-45-47-65-49-51(50-66-57-55(61)56(69-70(62,63)64)54(60)52(48-58)68-57)67-53(59)46-44-42-40-38-36-34-32-30-28-26-24-22-20-18-16-14-12-10-8-6-4-2/h6,8,12,14-15,17-18,20-21,23-24,26-27,29,51-52,54-58,60-61H,3-5,7,9-11,13,16,19,22,25,28,30-50H2,1-2H3,(H,62,63,64)/b8-6-,14-12-,17-15-,20-18-,23-21-,26-24-,29-27-. The summed E-state index contributed by atoms with van der Waals surface area (Å²) >= 11 is 0. The minimum Gasteiger partial charge on any atom is -0.457 e. The van der Waals surface area contributed by atoms with Crippen LogP contribution in [0.25, 0.3) is 0 Å². The first-order chi connectivity index (χ1) is 34.1. The van der Waals surface area contributed by atoms with Crippen LogP contribution in [-0.4, -0.2) is 97.5 Å². The number of unbranched alkanes of at least 4 members (excludes halogenated alkanes) is 20. The van der Waals surface area contributed by atoms with Crippen molar-refractivity contribution >= 4 is 16.4 Å². The van der Waals surface area contributed by atoms with Crippen LogP contribution in [0.3, 0.4) is 0 Å². The first-order valence-corrected chi connectivity index (χ1v) is 28.7. The SMILES string of the molecule is CC/C=C\C/C=C\C/C=C\C/C=C\CCCCCCCCCCC(=O)OC(COCCCCCCCCC/C=C\C/C=C\C/C=C\CCCCCCC)COC1OC(CO)C(O)C(OS(=O)(=O)O)C1O. The fourth-order valence-electron chi connectivity index (χ4n) is 7.91. The van der Waals surface area contributed by atoms with Crippen molar-refractivity contribution < 1.29 is 56.2 Å². The molecule has 4 N–H and O–H groups in total. The third-order valence-corrected chi connectivity index (χ3v) is 12.5. The van der Waals surface area contributed by atoms with Gasteiger partial charge in [-0.1, -0.05) is 195 Å². The van der Waals surface area contributed by atoms with Gasteiger partial charge in [0.25, 0.3) is 0 Å². The van der Waals surface area contributed by atoms with Gasteiger partial charge in [0.05, 0.1) is 19.8 Å². The van der Waals surface area contributed by atoms with Crippen molar-refractivity contribution in [3.63, 3.8) is 0 Å². The normalized spacial score (nSPS) is 19.8. The number of rotatable bonds is 47. The molecule has 6 unspecified atom stereocenters. The van der Waals surface area contributed by atoms with Crippen LogP contribution in [0.1, 0.15) is 206 Å². The van der Waals surface area contributed by atoms with Crippen molar-refractivity contribution in [1.82, 2.24) is 0 Å². The predicted molar refractivity (Wildman–Crippen MR) is 285 cm³/mol. The van der Waals surface area contributed by atoms with Gasteiger partial charge in [0.1, 0.15) is 30.5 Å². The van der Waals surface area contributed by atoms with E-state index >= 15 is 0 Å². The van der Waals surface area contributed by atoms with Crippen molar-refractivity contribution in [2.45, 2.75) is 243 Å². The minimum absolute atomic E-state index is 0.0213. The van der Waals surface area contributed by atoms with Gasteiger partial charge in [-0.15, -0.1) is 0 Å². The lowest BCUT2D eigenvalue weighted by Crippen LogP contribution is -2.60. The van der Waals surface area contributed by atoms with E-state index in [9.17, 15) is 33.1 Å². The van der Waals surface area contributed by atoms with Crippen molar-refractivity contribution in [3.05, 3.63) is 85.1 Å². The number of carbonyl (C=O) groups is 1. The molecule has 0 radical (unpaired) electrons. The number of hydrogen-bond donors (Lipinski definition) is 4. The topological polar surface area (TPSA) is 178 Å². The van der Waals surface area contributed by atoms with Crippen molar-refractivity contribution in [1.29, 1.82) is 0 Å². The molecule has 0 aromatic carbocycles. The Kier molecular flexibility index (Phi) is 44.1. The number of carbonyl (C=O) groups excluding carboxylic acids is 1. The first kappa shape index (κ1) is 65.3. The van der Waals surface area contributed by atoms with Gasteiger partial charge in [-0.2, -0.15) is 8.42 Å².